The third kappa shape index (κ3) is 2.72. The molecule has 0 atom stereocenters. The smallest absolute Gasteiger partial charge is 0.276 e. The maximum Gasteiger partial charge on any atom is 0.276 e. The molecule has 1 aliphatic heterocycles. The average molecular weight is 389 g/mol. The quantitative estimate of drug-likeness (QED) is 0.700. The van der Waals surface area contributed by atoms with E-state index >= 15 is 0 Å². The normalized spacial score (nSPS) is 17.4. The van der Waals surface area contributed by atoms with Crippen LogP contribution in [0.15, 0.2) is 35.4 Å². The summed E-state index contributed by atoms with van der Waals surface area (Å²) in [5.41, 5.74) is 2.79. The Morgan fingerprint density at radius 1 is 1.07 bits per heavy atom. The van der Waals surface area contributed by atoms with Gasteiger partial charge in [0.15, 0.2) is 0 Å². The third-order valence-corrected chi connectivity index (χ3v) is 6.11. The number of rotatable bonds is 2. The third-order valence-electron chi connectivity index (χ3n) is 6.11. The number of amides is 1. The second-order valence-electron chi connectivity index (χ2n) is 8.14. The molecule has 7 nitrogen and oxygen atoms in total. The Labute approximate surface area is 168 Å². The second kappa shape index (κ2) is 6.40. The van der Waals surface area contributed by atoms with Crippen LogP contribution in [0.5, 0.6) is 0 Å². The number of hydrogen-bond donors (Lipinski definition) is 2. The first kappa shape index (κ1) is 17.8. The van der Waals surface area contributed by atoms with Gasteiger partial charge in [0.25, 0.3) is 11.5 Å². The van der Waals surface area contributed by atoms with Crippen LogP contribution in [0.25, 0.3) is 10.9 Å². The molecule has 1 aromatic carbocycles. The molecule has 3 heterocycles. The van der Waals surface area contributed by atoms with Gasteiger partial charge in [-0.3, -0.25) is 14.2 Å². The molecular weight excluding hydrogens is 366 g/mol. The first-order valence-corrected chi connectivity index (χ1v) is 10.1. The van der Waals surface area contributed by atoms with E-state index in [-0.39, 0.29) is 11.5 Å². The van der Waals surface area contributed by atoms with Crippen LogP contribution in [0.3, 0.4) is 0 Å². The summed E-state index contributed by atoms with van der Waals surface area (Å²) in [5, 5.41) is 7.20. The number of carbonyl (C=O) groups is 1. The van der Waals surface area contributed by atoms with Crippen LogP contribution in [-0.4, -0.2) is 20.4 Å². The Balaban J connectivity index is 1.66. The van der Waals surface area contributed by atoms with Crippen molar-refractivity contribution in [3.63, 3.8) is 0 Å². The Morgan fingerprint density at radius 2 is 1.86 bits per heavy atom. The molecule has 0 saturated heterocycles. The van der Waals surface area contributed by atoms with Crippen molar-refractivity contribution in [2.24, 2.45) is 0 Å². The zero-order valence-corrected chi connectivity index (χ0v) is 16.6. The number of aryl methyl sites for hydroxylation is 2. The van der Waals surface area contributed by atoms with Gasteiger partial charge in [-0.1, -0.05) is 18.1 Å². The van der Waals surface area contributed by atoms with E-state index in [2.05, 4.69) is 20.6 Å². The Bertz CT molecular complexity index is 1210. The van der Waals surface area contributed by atoms with Crippen molar-refractivity contribution in [1.82, 2.24) is 19.9 Å². The van der Waals surface area contributed by atoms with Crippen LogP contribution in [0, 0.1) is 13.8 Å². The molecule has 0 unspecified atom stereocenters. The van der Waals surface area contributed by atoms with Crippen molar-refractivity contribution in [3.8, 4) is 0 Å². The number of nitrogens with one attached hydrogen (secondary N) is 2. The van der Waals surface area contributed by atoms with Gasteiger partial charge in [0.1, 0.15) is 29.2 Å². The fourth-order valence-electron chi connectivity index (χ4n) is 4.73. The molecule has 2 N–H and O–H groups in total. The molecule has 1 aliphatic carbocycles. The predicted octanol–water partition coefficient (Wildman–Crippen LogP) is 3.51. The van der Waals surface area contributed by atoms with Crippen LogP contribution in [-0.2, 0) is 5.66 Å². The van der Waals surface area contributed by atoms with Gasteiger partial charge >= 0.3 is 0 Å². The maximum atomic E-state index is 13.5. The van der Waals surface area contributed by atoms with E-state index in [0.717, 1.165) is 54.1 Å². The van der Waals surface area contributed by atoms with Crippen molar-refractivity contribution >= 4 is 28.3 Å². The number of carbonyl (C=O) groups excluding carboxylic acids is 1. The van der Waals surface area contributed by atoms with Gasteiger partial charge in [0.05, 0.1) is 5.52 Å². The zero-order valence-electron chi connectivity index (χ0n) is 16.6. The van der Waals surface area contributed by atoms with Crippen molar-refractivity contribution in [2.75, 3.05) is 5.32 Å². The first-order valence-electron chi connectivity index (χ1n) is 10.1. The minimum atomic E-state index is -0.603. The molecule has 148 valence electrons. The zero-order chi connectivity index (χ0) is 20.2. The molecule has 29 heavy (non-hydrogen) atoms. The molecule has 1 amide bonds. The number of hydrogen-bond acceptors (Lipinski definition) is 5. The number of nitrogens with zero attached hydrogens (tertiary/aromatic N) is 3. The van der Waals surface area contributed by atoms with Crippen LogP contribution in [0.1, 0.15) is 53.7 Å². The van der Waals surface area contributed by atoms with Gasteiger partial charge in [-0.2, -0.15) is 0 Å². The van der Waals surface area contributed by atoms with Crippen molar-refractivity contribution in [2.45, 2.75) is 51.6 Å². The highest BCUT2D eigenvalue weighted by molar-refractivity contribution is 5.97. The summed E-state index contributed by atoms with van der Waals surface area (Å²) < 4.78 is 1.70. The highest BCUT2D eigenvalue weighted by Gasteiger charge is 2.45. The fourth-order valence-corrected chi connectivity index (χ4v) is 4.73. The SMILES string of the molecule is Cc1ccc2ncnc(Nc3cc(C)c4n(c3=O)C3(CCCCC3)NC4=O)c2c1. The summed E-state index contributed by atoms with van der Waals surface area (Å²) in [6.07, 6.45) is 6.18. The van der Waals surface area contributed by atoms with E-state index in [1.807, 2.05) is 32.0 Å². The summed E-state index contributed by atoms with van der Waals surface area (Å²) in [6.45, 7) is 3.88. The van der Waals surface area contributed by atoms with Crippen molar-refractivity contribution in [3.05, 3.63) is 57.8 Å². The van der Waals surface area contributed by atoms with Gasteiger partial charge in [-0.25, -0.2) is 9.97 Å². The minimum absolute atomic E-state index is 0.156. The molecule has 2 aromatic heterocycles. The summed E-state index contributed by atoms with van der Waals surface area (Å²) >= 11 is 0. The lowest BCUT2D eigenvalue weighted by Crippen LogP contribution is -2.48. The van der Waals surface area contributed by atoms with E-state index in [1.165, 1.54) is 6.33 Å². The summed E-state index contributed by atoms with van der Waals surface area (Å²) in [5.74, 6) is 0.432. The van der Waals surface area contributed by atoms with Crippen LogP contribution >= 0.6 is 0 Å². The van der Waals surface area contributed by atoms with Gasteiger partial charge < -0.3 is 10.6 Å². The van der Waals surface area contributed by atoms with Gasteiger partial charge in [0, 0.05) is 5.39 Å². The lowest BCUT2D eigenvalue weighted by atomic mass is 9.89. The minimum Gasteiger partial charge on any atom is -0.335 e. The standard InChI is InChI=1S/C22H23N5O2/c1-13-6-7-16-15(10-13)19(24-12-23-16)25-17-11-14(2)18-20(28)26-22(27(18)21(17)29)8-4-3-5-9-22/h6-7,10-12H,3-5,8-9H2,1-2H3,(H,26,28)(H,23,24,25). The molecule has 1 spiro atoms. The molecular formula is C22H23N5O2. The van der Waals surface area contributed by atoms with Crippen molar-refractivity contribution in [1.29, 1.82) is 0 Å². The van der Waals surface area contributed by atoms with Crippen LogP contribution < -0.4 is 16.2 Å². The fraction of sp³-hybridized carbons (Fsp3) is 0.364. The largest absolute Gasteiger partial charge is 0.335 e. The molecule has 7 heteroatoms. The number of benzene rings is 1. The average Bonchev–Trinajstić information content (AvgIpc) is 2.99. The lowest BCUT2D eigenvalue weighted by Gasteiger charge is -2.35. The number of anilines is 2. The first-order chi connectivity index (χ1) is 14.0. The van der Waals surface area contributed by atoms with Crippen LogP contribution in [0.4, 0.5) is 11.5 Å². The highest BCUT2D eigenvalue weighted by Crippen LogP contribution is 2.37. The lowest BCUT2D eigenvalue weighted by molar-refractivity contribution is 0.0876. The molecule has 1 saturated carbocycles. The Kier molecular flexibility index (Phi) is 3.94. The van der Waals surface area contributed by atoms with E-state index in [4.69, 9.17) is 0 Å². The predicted molar refractivity (Wildman–Crippen MR) is 112 cm³/mol. The Morgan fingerprint density at radius 3 is 2.66 bits per heavy atom. The van der Waals surface area contributed by atoms with E-state index in [1.54, 1.807) is 10.6 Å². The van der Waals surface area contributed by atoms with Crippen LogP contribution in [0.2, 0.25) is 0 Å². The number of pyridine rings is 1. The highest BCUT2D eigenvalue weighted by atomic mass is 16.2. The second-order valence-corrected chi connectivity index (χ2v) is 8.14. The molecule has 0 bridgehead atoms. The monoisotopic (exact) mass is 389 g/mol. The number of aromatic nitrogens is 3. The topological polar surface area (TPSA) is 88.9 Å². The van der Waals surface area contributed by atoms with E-state index in [9.17, 15) is 9.59 Å². The summed E-state index contributed by atoms with van der Waals surface area (Å²) in [4.78, 5) is 34.9. The van der Waals surface area contributed by atoms with E-state index in [0.29, 0.717) is 17.2 Å². The van der Waals surface area contributed by atoms with Gasteiger partial charge in [-0.05, 0) is 63.3 Å². The summed E-state index contributed by atoms with van der Waals surface area (Å²) in [6, 6.07) is 7.69. The molecule has 0 radical (unpaired) electrons. The van der Waals surface area contributed by atoms with Gasteiger partial charge in [0.2, 0.25) is 0 Å². The maximum absolute atomic E-state index is 13.5. The molecule has 2 aliphatic rings. The molecule has 5 rings (SSSR count). The van der Waals surface area contributed by atoms with E-state index < -0.39 is 5.66 Å². The van der Waals surface area contributed by atoms with Gasteiger partial charge in [-0.15, -0.1) is 0 Å². The molecule has 1 fully saturated rings. The Hall–Kier alpha value is -3.22. The molecule has 3 aromatic rings. The summed E-state index contributed by atoms with van der Waals surface area (Å²) in [7, 11) is 0. The van der Waals surface area contributed by atoms with Crippen molar-refractivity contribution < 1.29 is 4.79 Å². The number of fused-ring (bicyclic) bond motifs is 3.